The number of hydrogen-bond donors (Lipinski definition) is 8. The lowest BCUT2D eigenvalue weighted by Crippen LogP contribution is -2.57. The van der Waals surface area contributed by atoms with Gasteiger partial charge in [0.1, 0.15) is 18.1 Å². The molecule has 190 valence electrons. The number of nitrogens with two attached hydrogens (primary N) is 2. The molecular weight excluding hydrogens is 454 g/mol. The van der Waals surface area contributed by atoms with E-state index >= 15 is 0 Å². The Labute approximate surface area is 199 Å². The van der Waals surface area contributed by atoms with E-state index in [-0.39, 0.29) is 37.4 Å². The van der Waals surface area contributed by atoms with E-state index in [1.807, 2.05) is 13.8 Å². The van der Waals surface area contributed by atoms with E-state index in [0.29, 0.717) is 19.4 Å². The van der Waals surface area contributed by atoms with Crippen molar-refractivity contribution in [2.45, 2.75) is 76.5 Å². The van der Waals surface area contributed by atoms with E-state index in [2.05, 4.69) is 28.6 Å². The maximum absolute atomic E-state index is 12.8. The summed E-state index contributed by atoms with van der Waals surface area (Å²) in [6.45, 7) is 4.01. The zero-order valence-corrected chi connectivity index (χ0v) is 20.0. The SMILES string of the molecule is CC(C)CC(NC(=O)C(CS)NC(=O)C(CCCCN)NC(=O)C(N)CCC(=O)O)C(=O)O. The van der Waals surface area contributed by atoms with E-state index in [9.17, 15) is 29.1 Å². The normalized spacial score (nSPS) is 14.6. The second-order valence-electron chi connectivity index (χ2n) is 8.16. The molecule has 33 heavy (non-hydrogen) atoms. The number of carboxylic acid groups (broad SMARTS) is 2. The lowest BCUT2D eigenvalue weighted by Gasteiger charge is -2.25. The minimum absolute atomic E-state index is 0.0166. The summed E-state index contributed by atoms with van der Waals surface area (Å²) in [4.78, 5) is 59.8. The monoisotopic (exact) mass is 491 g/mol. The average Bonchev–Trinajstić information content (AvgIpc) is 2.73. The van der Waals surface area contributed by atoms with Gasteiger partial charge in [0.2, 0.25) is 17.7 Å². The first-order valence-electron chi connectivity index (χ1n) is 10.8. The van der Waals surface area contributed by atoms with E-state index in [1.165, 1.54) is 0 Å². The predicted molar refractivity (Wildman–Crippen MR) is 124 cm³/mol. The first kappa shape index (κ1) is 30.6. The molecule has 3 amide bonds. The van der Waals surface area contributed by atoms with Crippen LogP contribution in [-0.4, -0.2) is 76.3 Å². The fraction of sp³-hybridized carbons (Fsp3) is 0.750. The fourth-order valence-electron chi connectivity index (χ4n) is 2.88. The molecule has 0 bridgehead atoms. The van der Waals surface area contributed by atoms with Crippen LogP contribution in [0.4, 0.5) is 0 Å². The molecule has 0 spiro atoms. The number of hydrogen-bond acceptors (Lipinski definition) is 8. The molecule has 4 unspecified atom stereocenters. The van der Waals surface area contributed by atoms with Crippen molar-refractivity contribution in [1.82, 2.24) is 16.0 Å². The Morgan fingerprint density at radius 2 is 1.39 bits per heavy atom. The van der Waals surface area contributed by atoms with Gasteiger partial charge in [-0.3, -0.25) is 19.2 Å². The second-order valence-corrected chi connectivity index (χ2v) is 8.52. The Hall–Kier alpha value is -2.38. The van der Waals surface area contributed by atoms with Gasteiger partial charge in [0, 0.05) is 12.2 Å². The molecule has 0 aliphatic rings. The van der Waals surface area contributed by atoms with Crippen LogP contribution in [0.1, 0.15) is 52.4 Å². The molecule has 13 heteroatoms. The molecule has 0 saturated heterocycles. The van der Waals surface area contributed by atoms with Crippen molar-refractivity contribution in [3.05, 3.63) is 0 Å². The summed E-state index contributed by atoms with van der Waals surface area (Å²) < 4.78 is 0. The second kappa shape index (κ2) is 16.3. The quantitative estimate of drug-likeness (QED) is 0.0906. The Balaban J connectivity index is 5.23. The number of carbonyl (C=O) groups excluding carboxylic acids is 3. The average molecular weight is 492 g/mol. The Morgan fingerprint density at radius 3 is 1.88 bits per heavy atom. The topological polar surface area (TPSA) is 214 Å². The summed E-state index contributed by atoms with van der Waals surface area (Å²) in [6.07, 6.45) is 1.12. The number of rotatable bonds is 17. The zero-order chi connectivity index (χ0) is 25.6. The van der Waals surface area contributed by atoms with Crippen LogP contribution in [-0.2, 0) is 24.0 Å². The Kier molecular flexibility index (Phi) is 15.1. The summed E-state index contributed by atoms with van der Waals surface area (Å²) >= 11 is 4.07. The molecule has 0 aromatic rings. The van der Waals surface area contributed by atoms with Crippen molar-refractivity contribution in [3.63, 3.8) is 0 Å². The van der Waals surface area contributed by atoms with Crippen LogP contribution in [0.5, 0.6) is 0 Å². The number of carbonyl (C=O) groups is 5. The molecule has 12 nitrogen and oxygen atoms in total. The number of nitrogens with one attached hydrogen (secondary N) is 3. The lowest BCUT2D eigenvalue weighted by molar-refractivity contribution is -0.142. The summed E-state index contributed by atoms with van der Waals surface area (Å²) in [5, 5.41) is 25.4. The number of thiol groups is 1. The molecule has 0 aliphatic carbocycles. The van der Waals surface area contributed by atoms with Gasteiger partial charge in [-0.1, -0.05) is 13.8 Å². The summed E-state index contributed by atoms with van der Waals surface area (Å²) in [7, 11) is 0. The molecule has 0 radical (unpaired) electrons. The van der Waals surface area contributed by atoms with Gasteiger partial charge in [-0.15, -0.1) is 0 Å². The standard InChI is InChI=1S/C20H37N5O7S/c1-11(2)9-14(20(31)32)24-19(30)15(10-33)25-18(29)13(5-3-4-8-21)23-17(28)12(22)6-7-16(26)27/h11-15,33H,3-10,21-22H2,1-2H3,(H,23,28)(H,24,30)(H,25,29)(H,26,27)(H,31,32). The van der Waals surface area contributed by atoms with E-state index in [4.69, 9.17) is 16.6 Å². The smallest absolute Gasteiger partial charge is 0.326 e. The van der Waals surface area contributed by atoms with Gasteiger partial charge in [0.15, 0.2) is 0 Å². The van der Waals surface area contributed by atoms with E-state index < -0.39 is 53.8 Å². The van der Waals surface area contributed by atoms with Crippen molar-refractivity contribution in [3.8, 4) is 0 Å². The van der Waals surface area contributed by atoms with Crippen molar-refractivity contribution < 1.29 is 34.2 Å². The molecule has 0 saturated carbocycles. The third-order valence-electron chi connectivity index (χ3n) is 4.72. The van der Waals surface area contributed by atoms with Gasteiger partial charge < -0.3 is 37.6 Å². The van der Waals surface area contributed by atoms with Gasteiger partial charge in [0.05, 0.1) is 6.04 Å². The molecule has 4 atom stereocenters. The highest BCUT2D eigenvalue weighted by Crippen LogP contribution is 2.07. The highest BCUT2D eigenvalue weighted by Gasteiger charge is 2.29. The van der Waals surface area contributed by atoms with Crippen LogP contribution in [0.3, 0.4) is 0 Å². The van der Waals surface area contributed by atoms with Crippen molar-refractivity contribution in [2.75, 3.05) is 12.3 Å². The third-order valence-corrected chi connectivity index (χ3v) is 5.09. The molecule has 0 heterocycles. The van der Waals surface area contributed by atoms with E-state index in [0.717, 1.165) is 0 Å². The minimum atomic E-state index is -1.19. The van der Waals surface area contributed by atoms with Gasteiger partial charge >= 0.3 is 11.9 Å². The highest BCUT2D eigenvalue weighted by atomic mass is 32.1. The van der Waals surface area contributed by atoms with Crippen LogP contribution < -0.4 is 27.4 Å². The van der Waals surface area contributed by atoms with Crippen molar-refractivity contribution in [2.24, 2.45) is 17.4 Å². The van der Waals surface area contributed by atoms with Crippen LogP contribution in [0.15, 0.2) is 0 Å². The summed E-state index contributed by atoms with van der Waals surface area (Å²) in [6, 6.07) is -4.42. The van der Waals surface area contributed by atoms with Gasteiger partial charge in [0.25, 0.3) is 0 Å². The summed E-state index contributed by atoms with van der Waals surface area (Å²) in [5.74, 6) is -4.46. The molecule has 0 aromatic carbocycles. The highest BCUT2D eigenvalue weighted by molar-refractivity contribution is 7.80. The maximum atomic E-state index is 12.8. The maximum Gasteiger partial charge on any atom is 0.326 e. The van der Waals surface area contributed by atoms with E-state index in [1.54, 1.807) is 0 Å². The molecule has 0 rings (SSSR count). The van der Waals surface area contributed by atoms with Crippen LogP contribution in [0.25, 0.3) is 0 Å². The third kappa shape index (κ3) is 13.0. The van der Waals surface area contributed by atoms with Crippen molar-refractivity contribution in [1.29, 1.82) is 0 Å². The first-order valence-corrected chi connectivity index (χ1v) is 11.5. The van der Waals surface area contributed by atoms with Gasteiger partial charge in [-0.05, 0) is 44.6 Å². The number of carboxylic acids is 2. The summed E-state index contributed by atoms with van der Waals surface area (Å²) in [5.41, 5.74) is 11.2. The number of unbranched alkanes of at least 4 members (excludes halogenated alkanes) is 1. The van der Waals surface area contributed by atoms with Crippen LogP contribution in [0.2, 0.25) is 0 Å². The predicted octanol–water partition coefficient (Wildman–Crippen LogP) is -1.18. The van der Waals surface area contributed by atoms with Crippen LogP contribution in [0, 0.1) is 5.92 Å². The Morgan fingerprint density at radius 1 is 0.848 bits per heavy atom. The Bertz CT molecular complexity index is 677. The molecule has 0 aromatic heterocycles. The zero-order valence-electron chi connectivity index (χ0n) is 19.1. The minimum Gasteiger partial charge on any atom is -0.481 e. The number of aliphatic carboxylic acids is 2. The van der Waals surface area contributed by atoms with Gasteiger partial charge in [-0.25, -0.2) is 4.79 Å². The molecular formula is C20H37N5O7S. The van der Waals surface area contributed by atoms with Crippen LogP contribution >= 0.6 is 12.6 Å². The van der Waals surface area contributed by atoms with Gasteiger partial charge in [-0.2, -0.15) is 12.6 Å². The first-order chi connectivity index (χ1) is 15.4. The van der Waals surface area contributed by atoms with Crippen molar-refractivity contribution >= 4 is 42.3 Å². The largest absolute Gasteiger partial charge is 0.481 e. The number of amides is 3. The fourth-order valence-corrected chi connectivity index (χ4v) is 3.14. The lowest BCUT2D eigenvalue weighted by atomic mass is 10.0. The molecule has 0 fully saturated rings. The molecule has 0 aliphatic heterocycles. The molecule has 9 N–H and O–H groups in total.